The van der Waals surface area contributed by atoms with E-state index in [9.17, 15) is 0 Å². The molecule has 1 heteroatoms. The van der Waals surface area contributed by atoms with Gasteiger partial charge in [0.15, 0.2) is 0 Å². The summed E-state index contributed by atoms with van der Waals surface area (Å²) in [6, 6.07) is 0. The molecule has 0 radical (unpaired) electrons. The van der Waals surface area contributed by atoms with Gasteiger partial charge >= 0.3 is 34.6 Å². The van der Waals surface area contributed by atoms with E-state index in [4.69, 9.17) is 0 Å². The molecule has 1 rings (SSSR count). The molecule has 0 aromatic heterocycles. The van der Waals surface area contributed by atoms with E-state index in [0.717, 1.165) is 0 Å². The van der Waals surface area contributed by atoms with Gasteiger partial charge in [-0.05, 0) is 0 Å². The van der Waals surface area contributed by atoms with Crippen molar-refractivity contribution >= 4 is 13.3 Å². The summed E-state index contributed by atoms with van der Waals surface area (Å²) in [5.74, 6) is 4.75. The standard InChI is InChI=1S/C4H8Ge/c1-5(2)3-4-5/h3-4H,1-2H3. The average Bonchev–Trinajstić information content (AvgIpc) is 1.76. The van der Waals surface area contributed by atoms with Crippen LogP contribution >= 0.6 is 0 Å². The van der Waals surface area contributed by atoms with Crippen LogP contribution in [0.5, 0.6) is 0 Å². The van der Waals surface area contributed by atoms with Gasteiger partial charge in [0.25, 0.3) is 0 Å². The van der Waals surface area contributed by atoms with Gasteiger partial charge < -0.3 is 0 Å². The summed E-state index contributed by atoms with van der Waals surface area (Å²) in [5.41, 5.74) is 0. The predicted octanol–water partition coefficient (Wildman–Crippen LogP) is 1.34. The Kier molecular flexibility index (Phi) is 0.467. The topological polar surface area (TPSA) is 0 Å². The molecule has 0 aromatic carbocycles. The summed E-state index contributed by atoms with van der Waals surface area (Å²) in [4.78, 5) is 4.75. The summed E-state index contributed by atoms with van der Waals surface area (Å²) < 4.78 is 0. The van der Waals surface area contributed by atoms with Crippen LogP contribution in [-0.2, 0) is 0 Å². The minimum atomic E-state index is -1.00. The van der Waals surface area contributed by atoms with E-state index in [2.05, 4.69) is 21.3 Å². The molecule has 5 heavy (non-hydrogen) atoms. The molecule has 0 saturated carbocycles. The Morgan fingerprint density at radius 1 is 1.20 bits per heavy atom. The molecule has 0 aromatic rings. The summed E-state index contributed by atoms with van der Waals surface area (Å²) in [7, 11) is 0. The maximum absolute atomic E-state index is 2.38. The van der Waals surface area contributed by atoms with Gasteiger partial charge in [0.1, 0.15) is 0 Å². The molecular weight excluding hydrogens is 121 g/mol. The normalized spacial score (nSPS) is 26.8. The molecule has 0 aliphatic carbocycles. The Labute approximate surface area is 35.2 Å². The van der Waals surface area contributed by atoms with Crippen LogP contribution < -0.4 is 0 Å². The first kappa shape index (κ1) is 3.47. The molecule has 1 aliphatic rings. The van der Waals surface area contributed by atoms with Crippen LogP contribution in [0.3, 0.4) is 0 Å². The van der Waals surface area contributed by atoms with E-state index >= 15 is 0 Å². The zero-order valence-electron chi connectivity index (χ0n) is 3.65. The molecule has 1 heterocycles. The van der Waals surface area contributed by atoms with Gasteiger partial charge in [-0.15, -0.1) is 0 Å². The third-order valence-electron chi connectivity index (χ3n) is 0.833. The van der Waals surface area contributed by atoms with E-state index in [1.807, 2.05) is 0 Å². The molecule has 1 aliphatic heterocycles. The van der Waals surface area contributed by atoms with Gasteiger partial charge in [-0.3, -0.25) is 0 Å². The third-order valence-corrected chi connectivity index (χ3v) is 4.33. The van der Waals surface area contributed by atoms with Gasteiger partial charge in [0.05, 0.1) is 0 Å². The average molecular weight is 129 g/mol. The number of hydrogen-bond donors (Lipinski definition) is 0. The molecule has 0 spiro atoms. The monoisotopic (exact) mass is 130 g/mol. The molecule has 0 fully saturated rings. The number of hydrogen-bond acceptors (Lipinski definition) is 0. The second-order valence-corrected chi connectivity index (χ2v) is 11.2. The fourth-order valence-corrected chi connectivity index (χ4v) is 4.50. The first-order chi connectivity index (χ1) is 2.21. The summed E-state index contributed by atoms with van der Waals surface area (Å²) >= 11 is -1.00. The van der Waals surface area contributed by atoms with Gasteiger partial charge in [-0.25, -0.2) is 0 Å². The summed E-state index contributed by atoms with van der Waals surface area (Å²) in [6.45, 7) is 0. The Hall–Kier alpha value is 0.283. The first-order valence-electron chi connectivity index (χ1n) is 1.91. The number of rotatable bonds is 0. The van der Waals surface area contributed by atoms with Gasteiger partial charge in [-0.1, -0.05) is 0 Å². The Morgan fingerprint density at radius 3 is 1.40 bits per heavy atom. The van der Waals surface area contributed by atoms with E-state index in [0.29, 0.717) is 0 Å². The quantitative estimate of drug-likeness (QED) is 0.432. The van der Waals surface area contributed by atoms with Crippen LogP contribution in [0, 0.1) is 0 Å². The third kappa shape index (κ3) is 0.800. The fraction of sp³-hybridized carbons (Fsp3) is 0.500. The molecule has 0 bridgehead atoms. The van der Waals surface area contributed by atoms with Crippen LogP contribution in [0.2, 0.25) is 11.5 Å². The van der Waals surface area contributed by atoms with Crippen LogP contribution in [0.25, 0.3) is 0 Å². The van der Waals surface area contributed by atoms with Crippen LogP contribution in [-0.4, -0.2) is 13.3 Å². The van der Waals surface area contributed by atoms with Crippen molar-refractivity contribution in [1.29, 1.82) is 0 Å². The Morgan fingerprint density at radius 2 is 1.40 bits per heavy atom. The molecule has 0 saturated heterocycles. The fourth-order valence-electron chi connectivity index (χ4n) is 0.167. The van der Waals surface area contributed by atoms with Crippen LogP contribution in [0.15, 0.2) is 9.82 Å². The van der Waals surface area contributed by atoms with Crippen molar-refractivity contribution in [2.24, 2.45) is 0 Å². The van der Waals surface area contributed by atoms with Crippen molar-refractivity contribution in [3.63, 3.8) is 0 Å². The van der Waals surface area contributed by atoms with Gasteiger partial charge in [0.2, 0.25) is 0 Å². The van der Waals surface area contributed by atoms with Crippen molar-refractivity contribution in [1.82, 2.24) is 0 Å². The molecule has 0 N–H and O–H groups in total. The minimum absolute atomic E-state index is 1.00. The predicted molar refractivity (Wildman–Crippen MR) is 26.6 cm³/mol. The SMILES string of the molecule is [CH3][Ge]1([CH3])[CH]=[CH]1. The van der Waals surface area contributed by atoms with E-state index < -0.39 is 13.3 Å². The molecule has 0 amide bonds. The van der Waals surface area contributed by atoms with Crippen molar-refractivity contribution < 1.29 is 0 Å². The Bertz CT molecular complexity index is 63.7. The summed E-state index contributed by atoms with van der Waals surface area (Å²) in [6.07, 6.45) is 0. The first-order valence-corrected chi connectivity index (χ1v) is 8.53. The zero-order chi connectivity index (χ0) is 3.91. The van der Waals surface area contributed by atoms with E-state index in [1.54, 1.807) is 0 Å². The second kappa shape index (κ2) is 0.673. The Balaban J connectivity index is 2.47. The van der Waals surface area contributed by atoms with E-state index in [-0.39, 0.29) is 0 Å². The van der Waals surface area contributed by atoms with E-state index in [1.165, 1.54) is 0 Å². The maximum atomic E-state index is 2.38. The van der Waals surface area contributed by atoms with Gasteiger partial charge in [-0.2, -0.15) is 0 Å². The van der Waals surface area contributed by atoms with Crippen LogP contribution in [0.4, 0.5) is 0 Å². The van der Waals surface area contributed by atoms with Crippen molar-refractivity contribution in [2.45, 2.75) is 11.5 Å². The van der Waals surface area contributed by atoms with Gasteiger partial charge in [0, 0.05) is 0 Å². The van der Waals surface area contributed by atoms with Crippen molar-refractivity contribution in [2.75, 3.05) is 0 Å². The second-order valence-electron chi connectivity index (χ2n) is 2.15. The van der Waals surface area contributed by atoms with Crippen LogP contribution in [0.1, 0.15) is 0 Å². The molecule has 28 valence electrons. The zero-order valence-corrected chi connectivity index (χ0v) is 5.75. The molecule has 0 nitrogen and oxygen atoms in total. The van der Waals surface area contributed by atoms with Crippen molar-refractivity contribution in [3.8, 4) is 0 Å². The molecular formula is C4H8Ge. The summed E-state index contributed by atoms with van der Waals surface area (Å²) in [5, 5.41) is 0. The van der Waals surface area contributed by atoms with Crippen molar-refractivity contribution in [3.05, 3.63) is 9.82 Å². The molecule has 0 atom stereocenters. The molecule has 0 unspecified atom stereocenters.